The van der Waals surface area contributed by atoms with Gasteiger partial charge in [-0.05, 0) is 17.7 Å². The van der Waals surface area contributed by atoms with Gasteiger partial charge in [-0.1, -0.05) is 60.3 Å². The van der Waals surface area contributed by atoms with E-state index in [0.717, 1.165) is 5.56 Å². The number of likely N-dealkylation sites (N-methyl/N-ethyl adjacent to an activating group) is 1. The zero-order chi connectivity index (χ0) is 19.4. The average Bonchev–Trinajstić information content (AvgIpc) is 2.69. The first kappa shape index (κ1) is 18.9. The Morgan fingerprint density at radius 2 is 1.85 bits per heavy atom. The molecule has 0 aliphatic rings. The molecule has 0 spiro atoms. The minimum atomic E-state index is -0.495. The zero-order valence-corrected chi connectivity index (χ0v) is 16.1. The van der Waals surface area contributed by atoms with E-state index < -0.39 is 5.25 Å². The summed E-state index contributed by atoms with van der Waals surface area (Å²) in [5, 5.41) is 0.562. The second-order valence-corrected chi connectivity index (χ2v) is 7.33. The number of amides is 1. The smallest absolute Gasteiger partial charge is 0.262 e. The van der Waals surface area contributed by atoms with E-state index in [-0.39, 0.29) is 11.5 Å². The van der Waals surface area contributed by atoms with E-state index in [1.54, 1.807) is 35.7 Å². The highest BCUT2D eigenvalue weighted by Gasteiger charge is 2.26. The fourth-order valence-electron chi connectivity index (χ4n) is 2.76. The highest BCUT2D eigenvalue weighted by atomic mass is 32.2. The van der Waals surface area contributed by atoms with Crippen molar-refractivity contribution < 1.29 is 4.79 Å². The van der Waals surface area contributed by atoms with Gasteiger partial charge in [-0.25, -0.2) is 4.98 Å². The molecule has 3 aromatic rings. The fourth-order valence-corrected chi connectivity index (χ4v) is 4.01. The van der Waals surface area contributed by atoms with Gasteiger partial charge in [-0.3, -0.25) is 14.2 Å². The Morgan fingerprint density at radius 3 is 2.52 bits per heavy atom. The van der Waals surface area contributed by atoms with Crippen molar-refractivity contribution in [3.05, 3.63) is 83.2 Å². The molecule has 2 aromatic carbocycles. The van der Waals surface area contributed by atoms with Crippen LogP contribution in [-0.4, -0.2) is 34.5 Å². The molecule has 0 radical (unpaired) electrons. The Kier molecular flexibility index (Phi) is 5.76. The molecule has 0 aliphatic heterocycles. The monoisotopic (exact) mass is 379 g/mol. The summed E-state index contributed by atoms with van der Waals surface area (Å²) >= 11 is 1.29. The van der Waals surface area contributed by atoms with Gasteiger partial charge in [0, 0.05) is 20.6 Å². The van der Waals surface area contributed by atoms with Crippen molar-refractivity contribution in [3.63, 3.8) is 0 Å². The summed E-state index contributed by atoms with van der Waals surface area (Å²) in [5.41, 5.74) is 1.36. The molecule has 27 heavy (non-hydrogen) atoms. The maximum absolute atomic E-state index is 12.9. The second kappa shape index (κ2) is 8.22. The highest BCUT2D eigenvalue weighted by Crippen LogP contribution is 2.35. The Labute approximate surface area is 162 Å². The molecular weight excluding hydrogens is 358 g/mol. The van der Waals surface area contributed by atoms with E-state index in [9.17, 15) is 9.59 Å². The van der Waals surface area contributed by atoms with Gasteiger partial charge in [0.15, 0.2) is 5.16 Å². The van der Waals surface area contributed by atoms with E-state index in [0.29, 0.717) is 22.6 Å². The van der Waals surface area contributed by atoms with Crippen LogP contribution in [0.25, 0.3) is 10.9 Å². The Bertz CT molecular complexity index is 1030. The molecule has 6 heteroatoms. The van der Waals surface area contributed by atoms with Gasteiger partial charge in [0.05, 0.1) is 10.9 Å². The Balaban J connectivity index is 2.14. The SMILES string of the molecule is C=CCn1c(SC(C(=O)N(C)C)c2ccccc2)nc2ccccc2c1=O. The molecule has 3 rings (SSSR count). The van der Waals surface area contributed by atoms with E-state index >= 15 is 0 Å². The van der Waals surface area contributed by atoms with Crippen molar-refractivity contribution in [2.75, 3.05) is 14.1 Å². The number of para-hydroxylation sites is 1. The topological polar surface area (TPSA) is 55.2 Å². The predicted octanol–water partition coefficient (Wildman–Crippen LogP) is 3.50. The number of carbonyl (C=O) groups is 1. The average molecular weight is 379 g/mol. The van der Waals surface area contributed by atoms with Crippen LogP contribution in [-0.2, 0) is 11.3 Å². The maximum atomic E-state index is 12.9. The predicted molar refractivity (Wildman–Crippen MR) is 110 cm³/mol. The summed E-state index contributed by atoms with van der Waals surface area (Å²) in [5.74, 6) is -0.0567. The van der Waals surface area contributed by atoms with Crippen molar-refractivity contribution in [1.29, 1.82) is 0 Å². The van der Waals surface area contributed by atoms with E-state index in [2.05, 4.69) is 11.6 Å². The third-order valence-electron chi connectivity index (χ3n) is 4.13. The molecule has 1 unspecified atom stereocenters. The molecular formula is C21H21N3O2S. The molecule has 138 valence electrons. The third kappa shape index (κ3) is 3.95. The number of rotatable bonds is 6. The summed E-state index contributed by atoms with van der Waals surface area (Å²) in [6.45, 7) is 4.08. The molecule has 1 heterocycles. The molecule has 1 amide bonds. The number of thioether (sulfide) groups is 1. The number of benzene rings is 2. The first-order valence-corrected chi connectivity index (χ1v) is 9.44. The van der Waals surface area contributed by atoms with Crippen molar-refractivity contribution in [3.8, 4) is 0 Å². The first-order chi connectivity index (χ1) is 13.0. The van der Waals surface area contributed by atoms with Crippen LogP contribution in [0.5, 0.6) is 0 Å². The minimum absolute atomic E-state index is 0.0567. The molecule has 1 aromatic heterocycles. The summed E-state index contributed by atoms with van der Waals surface area (Å²) in [6.07, 6.45) is 1.66. The molecule has 0 aliphatic carbocycles. The lowest BCUT2D eigenvalue weighted by Gasteiger charge is -2.21. The number of hydrogen-bond acceptors (Lipinski definition) is 4. The van der Waals surface area contributed by atoms with Crippen molar-refractivity contribution >= 4 is 28.6 Å². The standard InChI is InChI=1S/C21H21N3O2S/c1-4-14-24-19(25)16-12-8-9-13-17(16)22-21(24)27-18(20(26)23(2)3)15-10-6-5-7-11-15/h4-13,18H,1,14H2,2-3H3. The van der Waals surface area contributed by atoms with Gasteiger partial charge >= 0.3 is 0 Å². The summed E-state index contributed by atoms with van der Waals surface area (Å²) in [4.78, 5) is 32.0. The van der Waals surface area contributed by atoms with Crippen LogP contribution >= 0.6 is 11.8 Å². The number of aromatic nitrogens is 2. The van der Waals surface area contributed by atoms with E-state index in [1.165, 1.54) is 11.8 Å². The molecule has 0 saturated carbocycles. The molecule has 1 atom stereocenters. The van der Waals surface area contributed by atoms with Crippen LogP contribution in [0, 0.1) is 0 Å². The Morgan fingerprint density at radius 1 is 1.19 bits per heavy atom. The summed E-state index contributed by atoms with van der Waals surface area (Å²) in [6, 6.07) is 16.8. The van der Waals surface area contributed by atoms with E-state index in [4.69, 9.17) is 0 Å². The molecule has 0 saturated heterocycles. The van der Waals surface area contributed by atoms with Crippen molar-refractivity contribution in [2.45, 2.75) is 17.0 Å². The van der Waals surface area contributed by atoms with Gasteiger partial charge in [0.1, 0.15) is 5.25 Å². The van der Waals surface area contributed by atoms with Gasteiger partial charge in [0.2, 0.25) is 5.91 Å². The van der Waals surface area contributed by atoms with Gasteiger partial charge < -0.3 is 4.90 Å². The normalized spacial score (nSPS) is 11.9. The lowest BCUT2D eigenvalue weighted by Crippen LogP contribution is -2.28. The molecule has 0 bridgehead atoms. The van der Waals surface area contributed by atoms with Crippen LogP contribution in [0.2, 0.25) is 0 Å². The van der Waals surface area contributed by atoms with Gasteiger partial charge in [-0.15, -0.1) is 6.58 Å². The molecule has 5 nitrogen and oxygen atoms in total. The highest BCUT2D eigenvalue weighted by molar-refractivity contribution is 8.00. The summed E-state index contributed by atoms with van der Waals surface area (Å²) in [7, 11) is 3.45. The van der Waals surface area contributed by atoms with Crippen LogP contribution in [0.15, 0.2) is 77.2 Å². The number of allylic oxidation sites excluding steroid dienone is 1. The van der Waals surface area contributed by atoms with Crippen LogP contribution in [0.3, 0.4) is 0 Å². The second-order valence-electron chi connectivity index (χ2n) is 6.26. The van der Waals surface area contributed by atoms with Crippen LogP contribution in [0.4, 0.5) is 0 Å². The van der Waals surface area contributed by atoms with Gasteiger partial charge in [0.25, 0.3) is 5.56 Å². The zero-order valence-electron chi connectivity index (χ0n) is 15.3. The lowest BCUT2D eigenvalue weighted by atomic mass is 10.1. The van der Waals surface area contributed by atoms with Gasteiger partial charge in [-0.2, -0.15) is 0 Å². The number of hydrogen-bond donors (Lipinski definition) is 0. The Hall–Kier alpha value is -2.86. The minimum Gasteiger partial charge on any atom is -0.348 e. The third-order valence-corrected chi connectivity index (χ3v) is 5.36. The fraction of sp³-hybridized carbons (Fsp3) is 0.190. The maximum Gasteiger partial charge on any atom is 0.262 e. The van der Waals surface area contributed by atoms with Crippen LogP contribution < -0.4 is 5.56 Å². The lowest BCUT2D eigenvalue weighted by molar-refractivity contribution is -0.128. The van der Waals surface area contributed by atoms with E-state index in [1.807, 2.05) is 48.5 Å². The largest absolute Gasteiger partial charge is 0.348 e. The number of carbonyl (C=O) groups excluding carboxylic acids is 1. The summed E-state index contributed by atoms with van der Waals surface area (Å²) < 4.78 is 1.57. The number of fused-ring (bicyclic) bond motifs is 1. The quantitative estimate of drug-likeness (QED) is 0.374. The number of nitrogens with zero attached hydrogens (tertiary/aromatic N) is 3. The molecule has 0 N–H and O–H groups in total. The molecule has 0 fully saturated rings. The van der Waals surface area contributed by atoms with Crippen molar-refractivity contribution in [1.82, 2.24) is 14.5 Å². The van der Waals surface area contributed by atoms with Crippen LogP contribution in [0.1, 0.15) is 10.8 Å². The first-order valence-electron chi connectivity index (χ1n) is 8.56. The van der Waals surface area contributed by atoms with Crippen molar-refractivity contribution in [2.24, 2.45) is 0 Å².